The molecule has 1 fully saturated rings. The predicted molar refractivity (Wildman–Crippen MR) is 116 cm³/mol. The number of anilines is 1. The van der Waals surface area contributed by atoms with Gasteiger partial charge >= 0.3 is 6.03 Å². The Labute approximate surface area is 184 Å². The second-order valence-corrected chi connectivity index (χ2v) is 7.98. The number of ketones is 1. The van der Waals surface area contributed by atoms with Gasteiger partial charge in [0.25, 0.3) is 0 Å². The lowest BCUT2D eigenvalue weighted by atomic mass is 9.89. The van der Waals surface area contributed by atoms with E-state index in [0.717, 1.165) is 0 Å². The summed E-state index contributed by atoms with van der Waals surface area (Å²) in [7, 11) is 0. The smallest absolute Gasteiger partial charge is 0.316 e. The molecular weight excluding hydrogens is 425 g/mol. The maximum atomic E-state index is 13.0. The minimum atomic E-state index is -0.763. The first-order chi connectivity index (χ1) is 14.8. The largest absolute Gasteiger partial charge is 0.489 e. The highest BCUT2D eigenvalue weighted by molar-refractivity contribution is 6.31. The molecule has 166 valence electrons. The summed E-state index contributed by atoms with van der Waals surface area (Å²) in [6.07, 6.45) is 0.586. The number of hydrogen-bond donors (Lipinski definition) is 3. The Morgan fingerprint density at radius 3 is 2.55 bits per heavy atom. The van der Waals surface area contributed by atoms with Gasteiger partial charge in [-0.1, -0.05) is 11.6 Å². The number of aliphatic hydroxyl groups is 1. The molecule has 3 rings (SSSR count). The lowest BCUT2D eigenvalue weighted by molar-refractivity contribution is 0.0526. The SMILES string of the molecule is NC(=O)Nc1cc(Cl)ccc1OCC(O)CN1CCC(C(=O)c2ccc(F)cc2)CC1. The molecule has 1 atom stereocenters. The van der Waals surface area contributed by atoms with Crippen LogP contribution in [0.25, 0.3) is 0 Å². The van der Waals surface area contributed by atoms with Crippen molar-refractivity contribution in [1.29, 1.82) is 0 Å². The summed E-state index contributed by atoms with van der Waals surface area (Å²) in [5, 5.41) is 13.2. The third-order valence-electron chi connectivity index (χ3n) is 5.19. The fraction of sp³-hybridized carbons (Fsp3) is 0.364. The van der Waals surface area contributed by atoms with E-state index in [1.54, 1.807) is 12.1 Å². The molecule has 1 heterocycles. The molecule has 0 aliphatic carbocycles. The van der Waals surface area contributed by atoms with Crippen molar-refractivity contribution in [3.63, 3.8) is 0 Å². The van der Waals surface area contributed by atoms with Gasteiger partial charge in [0, 0.05) is 23.0 Å². The van der Waals surface area contributed by atoms with Crippen molar-refractivity contribution in [3.8, 4) is 5.75 Å². The zero-order chi connectivity index (χ0) is 22.4. The Morgan fingerprint density at radius 2 is 1.90 bits per heavy atom. The van der Waals surface area contributed by atoms with Crippen LogP contribution in [0, 0.1) is 11.7 Å². The second-order valence-electron chi connectivity index (χ2n) is 7.54. The average Bonchev–Trinajstić information content (AvgIpc) is 2.73. The van der Waals surface area contributed by atoms with Crippen LogP contribution < -0.4 is 15.8 Å². The van der Waals surface area contributed by atoms with Gasteiger partial charge in [0.15, 0.2) is 5.78 Å². The van der Waals surface area contributed by atoms with Crippen molar-refractivity contribution < 1.29 is 23.8 Å². The highest BCUT2D eigenvalue weighted by atomic mass is 35.5. The van der Waals surface area contributed by atoms with Gasteiger partial charge in [0.2, 0.25) is 0 Å². The van der Waals surface area contributed by atoms with Crippen molar-refractivity contribution in [2.24, 2.45) is 11.7 Å². The zero-order valence-corrected chi connectivity index (χ0v) is 17.6. The van der Waals surface area contributed by atoms with Crippen LogP contribution in [-0.4, -0.2) is 54.2 Å². The van der Waals surface area contributed by atoms with E-state index in [1.165, 1.54) is 30.3 Å². The Bertz CT molecular complexity index is 917. The van der Waals surface area contributed by atoms with Crippen LogP contribution in [0.1, 0.15) is 23.2 Å². The number of carbonyl (C=O) groups excluding carboxylic acids is 2. The van der Waals surface area contributed by atoms with Crippen molar-refractivity contribution in [2.75, 3.05) is 31.6 Å². The number of benzene rings is 2. The molecule has 1 aliphatic heterocycles. The van der Waals surface area contributed by atoms with Crippen molar-refractivity contribution in [1.82, 2.24) is 4.90 Å². The molecule has 1 unspecified atom stereocenters. The number of Topliss-reactive ketones (excluding diaryl/α,β-unsaturated/α-hetero) is 1. The number of primary amides is 1. The number of aliphatic hydroxyl groups excluding tert-OH is 1. The molecule has 4 N–H and O–H groups in total. The van der Waals surface area contributed by atoms with Gasteiger partial charge in [-0.05, 0) is 68.4 Å². The third-order valence-corrected chi connectivity index (χ3v) is 5.42. The number of ether oxygens (including phenoxy) is 1. The van der Waals surface area contributed by atoms with E-state index in [2.05, 4.69) is 10.2 Å². The van der Waals surface area contributed by atoms with Crippen molar-refractivity contribution in [3.05, 3.63) is 58.9 Å². The minimum absolute atomic E-state index is 0.0174. The number of piperidine rings is 1. The number of amides is 2. The van der Waals surface area contributed by atoms with Crippen LogP contribution in [0.5, 0.6) is 5.75 Å². The van der Waals surface area contributed by atoms with Crippen LogP contribution in [0.15, 0.2) is 42.5 Å². The van der Waals surface area contributed by atoms with E-state index < -0.39 is 12.1 Å². The molecule has 0 saturated carbocycles. The molecule has 9 heteroatoms. The van der Waals surface area contributed by atoms with E-state index in [-0.39, 0.29) is 24.1 Å². The topological polar surface area (TPSA) is 105 Å². The average molecular weight is 450 g/mol. The maximum absolute atomic E-state index is 13.0. The predicted octanol–water partition coefficient (Wildman–Crippen LogP) is 3.30. The molecule has 2 aromatic carbocycles. The highest BCUT2D eigenvalue weighted by Gasteiger charge is 2.27. The number of likely N-dealkylation sites (tertiary alicyclic amines) is 1. The van der Waals surface area contributed by atoms with E-state index in [0.29, 0.717) is 54.5 Å². The molecule has 0 aromatic heterocycles. The van der Waals surface area contributed by atoms with Crippen molar-refractivity contribution >= 4 is 29.1 Å². The molecule has 31 heavy (non-hydrogen) atoms. The number of carbonyl (C=O) groups is 2. The molecular formula is C22H25ClFN3O4. The van der Waals surface area contributed by atoms with E-state index in [4.69, 9.17) is 22.1 Å². The summed E-state index contributed by atoms with van der Waals surface area (Å²) in [5.41, 5.74) is 6.00. The maximum Gasteiger partial charge on any atom is 0.316 e. The normalized spacial score (nSPS) is 16.0. The molecule has 2 aromatic rings. The summed E-state index contributed by atoms with van der Waals surface area (Å²) < 4.78 is 18.7. The quantitative estimate of drug-likeness (QED) is 0.536. The fourth-order valence-corrected chi connectivity index (χ4v) is 3.79. The summed E-state index contributed by atoms with van der Waals surface area (Å²) in [6.45, 7) is 1.75. The molecule has 0 radical (unpaired) electrons. The minimum Gasteiger partial charge on any atom is -0.489 e. The Kier molecular flexibility index (Phi) is 7.84. The zero-order valence-electron chi connectivity index (χ0n) is 16.9. The first-order valence-electron chi connectivity index (χ1n) is 10.0. The van der Waals surface area contributed by atoms with Crippen LogP contribution in [0.2, 0.25) is 5.02 Å². The third kappa shape index (κ3) is 6.65. The lowest BCUT2D eigenvalue weighted by Crippen LogP contribution is -2.42. The van der Waals surface area contributed by atoms with Crippen LogP contribution in [-0.2, 0) is 0 Å². The first kappa shape index (κ1) is 23.0. The second kappa shape index (κ2) is 10.6. The number of nitrogens with zero attached hydrogens (tertiary/aromatic N) is 1. The molecule has 0 bridgehead atoms. The summed E-state index contributed by atoms with van der Waals surface area (Å²) in [6, 6.07) is 9.59. The van der Waals surface area contributed by atoms with Gasteiger partial charge in [-0.3, -0.25) is 4.79 Å². The van der Waals surface area contributed by atoms with Crippen LogP contribution in [0.4, 0.5) is 14.9 Å². The van der Waals surface area contributed by atoms with Gasteiger partial charge in [-0.2, -0.15) is 0 Å². The summed E-state index contributed by atoms with van der Waals surface area (Å²) in [5.74, 6) is -0.0862. The van der Waals surface area contributed by atoms with Gasteiger partial charge in [0.1, 0.15) is 24.3 Å². The summed E-state index contributed by atoms with van der Waals surface area (Å²) in [4.78, 5) is 25.8. The number of nitrogens with two attached hydrogens (primary N) is 1. The number of β-amino-alcohol motifs (C(OH)–C–C–N with tert-alkyl or cyclic N) is 1. The number of halogens is 2. The Balaban J connectivity index is 1.46. The van der Waals surface area contributed by atoms with E-state index in [1.807, 2.05) is 0 Å². The number of hydrogen-bond acceptors (Lipinski definition) is 5. The number of nitrogens with one attached hydrogen (secondary N) is 1. The monoisotopic (exact) mass is 449 g/mol. The lowest BCUT2D eigenvalue weighted by Gasteiger charge is -2.32. The van der Waals surface area contributed by atoms with E-state index in [9.17, 15) is 19.1 Å². The number of rotatable bonds is 8. The van der Waals surface area contributed by atoms with E-state index >= 15 is 0 Å². The highest BCUT2D eigenvalue weighted by Crippen LogP contribution is 2.28. The van der Waals surface area contributed by atoms with Gasteiger partial charge in [0.05, 0.1) is 5.69 Å². The molecule has 0 spiro atoms. The van der Waals surface area contributed by atoms with Crippen LogP contribution in [0.3, 0.4) is 0 Å². The first-order valence-corrected chi connectivity index (χ1v) is 10.4. The molecule has 2 amide bonds. The van der Waals surface area contributed by atoms with Crippen LogP contribution >= 0.6 is 11.6 Å². The fourth-order valence-electron chi connectivity index (χ4n) is 3.62. The Morgan fingerprint density at radius 1 is 1.23 bits per heavy atom. The summed E-state index contributed by atoms with van der Waals surface area (Å²) >= 11 is 5.93. The molecule has 1 saturated heterocycles. The molecule has 7 nitrogen and oxygen atoms in total. The van der Waals surface area contributed by atoms with Gasteiger partial charge in [-0.15, -0.1) is 0 Å². The number of urea groups is 1. The van der Waals surface area contributed by atoms with Gasteiger partial charge in [-0.25, -0.2) is 9.18 Å². The standard InChI is InChI=1S/C22H25ClFN3O4/c23-16-3-6-20(19(11-16)26-22(25)30)31-13-18(28)12-27-9-7-15(8-10-27)21(29)14-1-4-17(24)5-2-14/h1-6,11,15,18,28H,7-10,12-13H2,(H3,25,26,30). The van der Waals surface area contributed by atoms with Gasteiger partial charge < -0.3 is 25.8 Å². The molecule has 1 aliphatic rings. The van der Waals surface area contributed by atoms with Crippen molar-refractivity contribution in [2.45, 2.75) is 18.9 Å². The Hall–Kier alpha value is -2.68.